The molecule has 0 atom stereocenters. The Kier molecular flexibility index (Phi) is 4.88. The Morgan fingerprint density at radius 1 is 1.19 bits per heavy atom. The SMILES string of the molecule is Cc1cccc(N2CCN(CC(=O)OC(C)(C)C)CC2)c1. The van der Waals surface area contributed by atoms with Crippen molar-refractivity contribution in [3.63, 3.8) is 0 Å². The van der Waals surface area contributed by atoms with Crippen LogP contribution in [0.3, 0.4) is 0 Å². The van der Waals surface area contributed by atoms with Crippen LogP contribution >= 0.6 is 0 Å². The second kappa shape index (κ2) is 6.48. The minimum absolute atomic E-state index is 0.133. The van der Waals surface area contributed by atoms with Gasteiger partial charge in [0, 0.05) is 31.9 Å². The first-order valence-corrected chi connectivity index (χ1v) is 7.59. The molecule has 0 aliphatic carbocycles. The lowest BCUT2D eigenvalue weighted by molar-refractivity contribution is -0.156. The molecule has 0 spiro atoms. The summed E-state index contributed by atoms with van der Waals surface area (Å²) in [7, 11) is 0. The number of piperazine rings is 1. The van der Waals surface area contributed by atoms with Crippen molar-refractivity contribution in [1.82, 2.24) is 4.90 Å². The first-order chi connectivity index (χ1) is 9.83. The van der Waals surface area contributed by atoms with E-state index in [0.717, 1.165) is 26.2 Å². The largest absolute Gasteiger partial charge is 0.459 e. The van der Waals surface area contributed by atoms with Gasteiger partial charge in [-0.2, -0.15) is 0 Å². The summed E-state index contributed by atoms with van der Waals surface area (Å²) in [4.78, 5) is 16.4. The van der Waals surface area contributed by atoms with Crippen LogP contribution < -0.4 is 4.90 Å². The normalized spacial score (nSPS) is 16.9. The van der Waals surface area contributed by atoms with Crippen LogP contribution in [-0.4, -0.2) is 49.2 Å². The van der Waals surface area contributed by atoms with Crippen LogP contribution in [0, 0.1) is 6.92 Å². The Balaban J connectivity index is 1.82. The fraction of sp³-hybridized carbons (Fsp3) is 0.588. The van der Waals surface area contributed by atoms with Gasteiger partial charge >= 0.3 is 5.97 Å². The van der Waals surface area contributed by atoms with Crippen LogP contribution in [-0.2, 0) is 9.53 Å². The van der Waals surface area contributed by atoms with E-state index in [1.165, 1.54) is 11.3 Å². The number of rotatable bonds is 3. The molecule has 1 saturated heterocycles. The molecular formula is C17H26N2O2. The van der Waals surface area contributed by atoms with Crippen molar-refractivity contribution in [2.75, 3.05) is 37.6 Å². The smallest absolute Gasteiger partial charge is 0.320 e. The van der Waals surface area contributed by atoms with Crippen molar-refractivity contribution in [3.8, 4) is 0 Å². The molecule has 0 amide bonds. The van der Waals surface area contributed by atoms with Crippen molar-refractivity contribution in [3.05, 3.63) is 29.8 Å². The summed E-state index contributed by atoms with van der Waals surface area (Å²) >= 11 is 0. The lowest BCUT2D eigenvalue weighted by Crippen LogP contribution is -2.48. The summed E-state index contributed by atoms with van der Waals surface area (Å²) in [5.74, 6) is -0.133. The van der Waals surface area contributed by atoms with Gasteiger partial charge in [0.15, 0.2) is 0 Å². The summed E-state index contributed by atoms with van der Waals surface area (Å²) < 4.78 is 5.37. The Labute approximate surface area is 127 Å². The zero-order valence-corrected chi connectivity index (χ0v) is 13.6. The molecule has 1 aliphatic rings. The summed E-state index contributed by atoms with van der Waals surface area (Å²) in [5, 5.41) is 0. The molecule has 0 saturated carbocycles. The van der Waals surface area contributed by atoms with Gasteiger partial charge in [-0.15, -0.1) is 0 Å². The monoisotopic (exact) mass is 290 g/mol. The predicted molar refractivity (Wildman–Crippen MR) is 85.7 cm³/mol. The molecule has 0 aromatic heterocycles. The van der Waals surface area contributed by atoms with Crippen LogP contribution in [0.2, 0.25) is 0 Å². The second-order valence-electron chi connectivity index (χ2n) is 6.69. The van der Waals surface area contributed by atoms with Gasteiger partial charge in [-0.05, 0) is 45.4 Å². The number of benzene rings is 1. The molecule has 4 nitrogen and oxygen atoms in total. The highest BCUT2D eigenvalue weighted by atomic mass is 16.6. The van der Waals surface area contributed by atoms with E-state index in [2.05, 4.69) is 41.0 Å². The molecule has 116 valence electrons. The number of anilines is 1. The van der Waals surface area contributed by atoms with Crippen molar-refractivity contribution < 1.29 is 9.53 Å². The molecule has 0 N–H and O–H groups in total. The molecule has 1 aromatic carbocycles. The number of aryl methyl sites for hydroxylation is 1. The highest BCUT2D eigenvalue weighted by molar-refractivity contribution is 5.72. The third-order valence-corrected chi connectivity index (χ3v) is 3.51. The second-order valence-corrected chi connectivity index (χ2v) is 6.69. The number of hydrogen-bond acceptors (Lipinski definition) is 4. The zero-order valence-electron chi connectivity index (χ0n) is 13.6. The molecule has 1 aromatic rings. The van der Waals surface area contributed by atoms with Crippen molar-refractivity contribution >= 4 is 11.7 Å². The van der Waals surface area contributed by atoms with E-state index < -0.39 is 5.60 Å². The third kappa shape index (κ3) is 5.05. The van der Waals surface area contributed by atoms with Crippen LogP contribution in [0.15, 0.2) is 24.3 Å². The number of carbonyl (C=O) groups is 1. The Bertz CT molecular complexity index is 486. The van der Waals surface area contributed by atoms with E-state index in [1.54, 1.807) is 0 Å². The van der Waals surface area contributed by atoms with E-state index in [4.69, 9.17) is 4.74 Å². The first-order valence-electron chi connectivity index (χ1n) is 7.59. The first kappa shape index (κ1) is 15.8. The molecule has 1 aliphatic heterocycles. The maximum Gasteiger partial charge on any atom is 0.320 e. The lowest BCUT2D eigenvalue weighted by atomic mass is 10.2. The van der Waals surface area contributed by atoms with Gasteiger partial charge < -0.3 is 9.64 Å². The molecule has 21 heavy (non-hydrogen) atoms. The van der Waals surface area contributed by atoms with Gasteiger partial charge in [0.2, 0.25) is 0 Å². The van der Waals surface area contributed by atoms with Crippen LogP contribution in [0.25, 0.3) is 0 Å². The number of hydrogen-bond donors (Lipinski definition) is 0. The van der Waals surface area contributed by atoms with Gasteiger partial charge in [-0.3, -0.25) is 9.69 Å². The molecule has 4 heteroatoms. The predicted octanol–water partition coefficient (Wildman–Crippen LogP) is 2.46. The van der Waals surface area contributed by atoms with Gasteiger partial charge in [0.1, 0.15) is 5.60 Å². The minimum Gasteiger partial charge on any atom is -0.459 e. The van der Waals surface area contributed by atoms with Crippen molar-refractivity contribution in [1.29, 1.82) is 0 Å². The zero-order chi connectivity index (χ0) is 15.5. The standard InChI is InChI=1S/C17H26N2O2/c1-14-6-5-7-15(12-14)19-10-8-18(9-11-19)13-16(20)21-17(2,3)4/h5-7,12H,8-11,13H2,1-4H3. The Morgan fingerprint density at radius 2 is 1.86 bits per heavy atom. The summed E-state index contributed by atoms with van der Waals surface area (Å²) in [5.41, 5.74) is 2.15. The number of carbonyl (C=O) groups excluding carboxylic acids is 1. The average molecular weight is 290 g/mol. The van der Waals surface area contributed by atoms with Gasteiger partial charge in [-0.25, -0.2) is 0 Å². The van der Waals surface area contributed by atoms with Crippen molar-refractivity contribution in [2.45, 2.75) is 33.3 Å². The van der Waals surface area contributed by atoms with Crippen molar-refractivity contribution in [2.24, 2.45) is 0 Å². The van der Waals surface area contributed by atoms with E-state index in [0.29, 0.717) is 6.54 Å². The minimum atomic E-state index is -0.402. The van der Waals surface area contributed by atoms with E-state index in [1.807, 2.05) is 20.8 Å². The quantitative estimate of drug-likeness (QED) is 0.801. The molecular weight excluding hydrogens is 264 g/mol. The van der Waals surface area contributed by atoms with Gasteiger partial charge in [-0.1, -0.05) is 12.1 Å². The fourth-order valence-corrected chi connectivity index (χ4v) is 2.55. The van der Waals surface area contributed by atoms with E-state index >= 15 is 0 Å². The van der Waals surface area contributed by atoms with E-state index in [-0.39, 0.29) is 5.97 Å². The maximum absolute atomic E-state index is 11.8. The number of esters is 1. The van der Waals surface area contributed by atoms with Gasteiger partial charge in [0.05, 0.1) is 6.54 Å². The van der Waals surface area contributed by atoms with Crippen LogP contribution in [0.4, 0.5) is 5.69 Å². The highest BCUT2D eigenvalue weighted by Crippen LogP contribution is 2.18. The average Bonchev–Trinajstić information content (AvgIpc) is 2.37. The van der Waals surface area contributed by atoms with Crippen LogP contribution in [0.5, 0.6) is 0 Å². The number of ether oxygens (including phenoxy) is 1. The summed E-state index contributed by atoms with van der Waals surface area (Å²) in [6, 6.07) is 8.57. The topological polar surface area (TPSA) is 32.8 Å². The lowest BCUT2D eigenvalue weighted by Gasteiger charge is -2.36. The fourth-order valence-electron chi connectivity index (χ4n) is 2.55. The van der Waals surface area contributed by atoms with Crippen LogP contribution in [0.1, 0.15) is 26.3 Å². The molecule has 0 unspecified atom stereocenters. The Morgan fingerprint density at radius 3 is 2.43 bits per heavy atom. The van der Waals surface area contributed by atoms with Gasteiger partial charge in [0.25, 0.3) is 0 Å². The third-order valence-electron chi connectivity index (χ3n) is 3.51. The molecule has 1 fully saturated rings. The number of nitrogens with zero attached hydrogens (tertiary/aromatic N) is 2. The molecule has 0 bridgehead atoms. The van der Waals surface area contributed by atoms with E-state index in [9.17, 15) is 4.79 Å². The molecule has 0 radical (unpaired) electrons. The highest BCUT2D eigenvalue weighted by Gasteiger charge is 2.22. The summed E-state index contributed by atoms with van der Waals surface area (Å²) in [6.07, 6.45) is 0. The molecule has 2 rings (SSSR count). The Hall–Kier alpha value is -1.55. The maximum atomic E-state index is 11.8. The molecule has 1 heterocycles. The summed E-state index contributed by atoms with van der Waals surface area (Å²) in [6.45, 7) is 11.9.